The molecular formula is C20H22N4O. The first-order valence-corrected chi connectivity index (χ1v) is 8.73. The lowest BCUT2D eigenvalue weighted by Crippen LogP contribution is -2.31. The summed E-state index contributed by atoms with van der Waals surface area (Å²) in [6.45, 7) is 4.25. The Labute approximate surface area is 147 Å². The van der Waals surface area contributed by atoms with Gasteiger partial charge in [0.1, 0.15) is 5.69 Å². The molecule has 0 unspecified atom stereocenters. The van der Waals surface area contributed by atoms with Crippen LogP contribution in [-0.4, -0.2) is 20.7 Å². The van der Waals surface area contributed by atoms with Crippen molar-refractivity contribution < 1.29 is 4.79 Å². The fourth-order valence-corrected chi connectivity index (χ4v) is 3.59. The highest BCUT2D eigenvalue weighted by Gasteiger charge is 2.27. The van der Waals surface area contributed by atoms with E-state index in [0.717, 1.165) is 30.5 Å². The maximum atomic E-state index is 12.4. The van der Waals surface area contributed by atoms with Gasteiger partial charge in [0.05, 0.1) is 17.9 Å². The van der Waals surface area contributed by atoms with Gasteiger partial charge in [0, 0.05) is 17.5 Å². The number of aryl methyl sites for hydroxylation is 1. The summed E-state index contributed by atoms with van der Waals surface area (Å²) in [5.41, 5.74) is 6.55. The van der Waals surface area contributed by atoms with Gasteiger partial charge in [-0.15, -0.1) is 0 Å². The molecule has 1 atom stereocenters. The van der Waals surface area contributed by atoms with Crippen molar-refractivity contribution in [1.29, 1.82) is 0 Å². The maximum absolute atomic E-state index is 12.4. The van der Waals surface area contributed by atoms with Crippen molar-refractivity contribution in [2.45, 2.75) is 39.2 Å². The van der Waals surface area contributed by atoms with Crippen LogP contribution >= 0.6 is 0 Å². The fraction of sp³-hybridized carbons (Fsp3) is 0.300. The number of hydrogen-bond donors (Lipinski definition) is 2. The SMILES string of the molecule is Cc1cccc(-n2ncc3c2CCC[C@H]3NC(=O)c2ccc[nH]2)c1C. The Bertz CT molecular complexity index is 908. The van der Waals surface area contributed by atoms with E-state index in [1.807, 2.05) is 16.9 Å². The van der Waals surface area contributed by atoms with Gasteiger partial charge in [-0.3, -0.25) is 4.79 Å². The molecule has 25 heavy (non-hydrogen) atoms. The van der Waals surface area contributed by atoms with E-state index in [2.05, 4.69) is 47.4 Å². The van der Waals surface area contributed by atoms with E-state index >= 15 is 0 Å². The quantitative estimate of drug-likeness (QED) is 0.768. The van der Waals surface area contributed by atoms with Crippen LogP contribution in [0.15, 0.2) is 42.7 Å². The second-order valence-electron chi connectivity index (χ2n) is 6.68. The van der Waals surface area contributed by atoms with Gasteiger partial charge < -0.3 is 10.3 Å². The Hall–Kier alpha value is -2.82. The number of nitrogens with zero attached hydrogens (tertiary/aromatic N) is 2. The van der Waals surface area contributed by atoms with Gasteiger partial charge in [0.2, 0.25) is 0 Å². The molecule has 5 heteroatoms. The topological polar surface area (TPSA) is 62.7 Å². The highest BCUT2D eigenvalue weighted by molar-refractivity contribution is 5.92. The highest BCUT2D eigenvalue weighted by Crippen LogP contribution is 2.32. The minimum absolute atomic E-state index is 0.0124. The molecule has 2 aromatic heterocycles. The number of aromatic nitrogens is 3. The average molecular weight is 334 g/mol. The van der Waals surface area contributed by atoms with E-state index in [0.29, 0.717) is 5.69 Å². The molecule has 5 nitrogen and oxygen atoms in total. The van der Waals surface area contributed by atoms with Crippen molar-refractivity contribution in [2.75, 3.05) is 0 Å². The van der Waals surface area contributed by atoms with Gasteiger partial charge in [0.15, 0.2) is 0 Å². The molecule has 1 aliphatic rings. The molecule has 0 radical (unpaired) electrons. The molecule has 0 saturated carbocycles. The van der Waals surface area contributed by atoms with Crippen LogP contribution < -0.4 is 5.32 Å². The molecule has 1 amide bonds. The lowest BCUT2D eigenvalue weighted by Gasteiger charge is -2.24. The van der Waals surface area contributed by atoms with Crippen LogP contribution in [0.25, 0.3) is 5.69 Å². The lowest BCUT2D eigenvalue weighted by atomic mass is 9.92. The fourth-order valence-electron chi connectivity index (χ4n) is 3.59. The molecule has 0 saturated heterocycles. The molecule has 1 aliphatic carbocycles. The number of carbonyl (C=O) groups excluding carboxylic acids is 1. The number of hydrogen-bond acceptors (Lipinski definition) is 2. The predicted molar refractivity (Wildman–Crippen MR) is 97.0 cm³/mol. The summed E-state index contributed by atoms with van der Waals surface area (Å²) >= 11 is 0. The Morgan fingerprint density at radius 3 is 2.96 bits per heavy atom. The van der Waals surface area contributed by atoms with Crippen molar-refractivity contribution >= 4 is 5.91 Å². The summed E-state index contributed by atoms with van der Waals surface area (Å²) in [6.07, 6.45) is 6.64. The molecule has 2 heterocycles. The van der Waals surface area contributed by atoms with E-state index in [-0.39, 0.29) is 11.9 Å². The molecular weight excluding hydrogens is 312 g/mol. The molecule has 0 aliphatic heterocycles. The van der Waals surface area contributed by atoms with Crippen LogP contribution in [0, 0.1) is 13.8 Å². The third-order valence-corrected chi connectivity index (χ3v) is 5.14. The first-order valence-electron chi connectivity index (χ1n) is 8.73. The van der Waals surface area contributed by atoms with Crippen molar-refractivity contribution in [3.8, 4) is 5.69 Å². The first-order chi connectivity index (χ1) is 12.1. The Morgan fingerprint density at radius 2 is 2.16 bits per heavy atom. The number of benzene rings is 1. The largest absolute Gasteiger partial charge is 0.357 e. The number of amides is 1. The molecule has 4 rings (SSSR count). The number of nitrogens with one attached hydrogen (secondary N) is 2. The van der Waals surface area contributed by atoms with E-state index < -0.39 is 0 Å². The van der Waals surface area contributed by atoms with Crippen molar-refractivity contribution in [1.82, 2.24) is 20.1 Å². The zero-order valence-corrected chi connectivity index (χ0v) is 14.5. The summed E-state index contributed by atoms with van der Waals surface area (Å²) in [4.78, 5) is 15.4. The highest BCUT2D eigenvalue weighted by atomic mass is 16.1. The van der Waals surface area contributed by atoms with Crippen molar-refractivity contribution in [3.63, 3.8) is 0 Å². The number of carbonyl (C=O) groups is 1. The molecule has 1 aromatic carbocycles. The summed E-state index contributed by atoms with van der Waals surface area (Å²) in [5, 5.41) is 7.79. The zero-order chi connectivity index (χ0) is 17.4. The van der Waals surface area contributed by atoms with E-state index in [1.54, 1.807) is 12.3 Å². The lowest BCUT2D eigenvalue weighted by molar-refractivity contribution is 0.0928. The number of H-pyrrole nitrogens is 1. The van der Waals surface area contributed by atoms with Gasteiger partial charge in [-0.25, -0.2) is 4.68 Å². The average Bonchev–Trinajstić information content (AvgIpc) is 3.27. The Kier molecular flexibility index (Phi) is 3.92. The number of rotatable bonds is 3. The van der Waals surface area contributed by atoms with E-state index in [9.17, 15) is 4.79 Å². The summed E-state index contributed by atoms with van der Waals surface area (Å²) in [5.74, 6) is -0.0673. The van der Waals surface area contributed by atoms with E-state index in [1.165, 1.54) is 16.8 Å². The van der Waals surface area contributed by atoms with Crippen LogP contribution in [0.1, 0.15) is 51.8 Å². The van der Waals surface area contributed by atoms with Crippen LogP contribution in [-0.2, 0) is 6.42 Å². The molecule has 0 spiro atoms. The third kappa shape index (κ3) is 2.76. The van der Waals surface area contributed by atoms with Gasteiger partial charge in [-0.05, 0) is 62.4 Å². The maximum Gasteiger partial charge on any atom is 0.268 e. The second kappa shape index (κ2) is 6.24. The standard InChI is InChI=1S/C20H22N4O/c1-13-6-3-9-18(14(13)2)24-19-10-4-7-16(15(19)12-22-24)23-20(25)17-8-5-11-21-17/h3,5-6,8-9,11-12,16,21H,4,7,10H2,1-2H3,(H,23,25)/t16-/m1/s1. The first kappa shape index (κ1) is 15.7. The van der Waals surface area contributed by atoms with Gasteiger partial charge in [-0.1, -0.05) is 12.1 Å². The normalized spacial score (nSPS) is 16.5. The molecule has 3 aromatic rings. The minimum Gasteiger partial charge on any atom is -0.357 e. The van der Waals surface area contributed by atoms with Gasteiger partial charge in [0.25, 0.3) is 5.91 Å². The third-order valence-electron chi connectivity index (χ3n) is 5.14. The van der Waals surface area contributed by atoms with Crippen LogP contribution in [0.3, 0.4) is 0 Å². The zero-order valence-electron chi connectivity index (χ0n) is 14.5. The Morgan fingerprint density at radius 1 is 1.28 bits per heavy atom. The molecule has 128 valence electrons. The summed E-state index contributed by atoms with van der Waals surface area (Å²) in [6, 6.07) is 9.93. The molecule has 2 N–H and O–H groups in total. The monoisotopic (exact) mass is 334 g/mol. The van der Waals surface area contributed by atoms with Crippen molar-refractivity contribution in [3.05, 3.63) is 70.8 Å². The Balaban J connectivity index is 1.66. The molecule has 0 fully saturated rings. The summed E-state index contributed by atoms with van der Waals surface area (Å²) in [7, 11) is 0. The van der Waals surface area contributed by atoms with Crippen LogP contribution in [0.2, 0.25) is 0 Å². The van der Waals surface area contributed by atoms with Crippen LogP contribution in [0.5, 0.6) is 0 Å². The van der Waals surface area contributed by atoms with Crippen molar-refractivity contribution in [2.24, 2.45) is 0 Å². The van der Waals surface area contributed by atoms with E-state index in [4.69, 9.17) is 0 Å². The number of aromatic amines is 1. The van der Waals surface area contributed by atoms with Gasteiger partial charge >= 0.3 is 0 Å². The predicted octanol–water partition coefficient (Wildman–Crippen LogP) is 3.62. The van der Waals surface area contributed by atoms with Crippen LogP contribution in [0.4, 0.5) is 0 Å². The number of fused-ring (bicyclic) bond motifs is 1. The summed E-state index contributed by atoms with van der Waals surface area (Å²) < 4.78 is 2.05. The van der Waals surface area contributed by atoms with Gasteiger partial charge in [-0.2, -0.15) is 5.10 Å². The smallest absolute Gasteiger partial charge is 0.268 e. The second-order valence-corrected chi connectivity index (χ2v) is 6.68. The molecule has 0 bridgehead atoms. The minimum atomic E-state index is -0.0673.